The van der Waals surface area contributed by atoms with Gasteiger partial charge in [-0.2, -0.15) is 5.26 Å². The SMILES string of the molecule is COC(=O)CNc1ccccc1/C(O)=C(/C#N)c1nc2ccccc2n1C. The van der Waals surface area contributed by atoms with E-state index >= 15 is 0 Å². The van der Waals surface area contributed by atoms with E-state index < -0.39 is 5.97 Å². The lowest BCUT2D eigenvalue weighted by Gasteiger charge is -2.12. The summed E-state index contributed by atoms with van der Waals surface area (Å²) in [6, 6.07) is 16.4. The fraction of sp³-hybridized carbons (Fsp3) is 0.150. The van der Waals surface area contributed by atoms with E-state index in [1.807, 2.05) is 30.3 Å². The molecule has 2 N–H and O–H groups in total. The van der Waals surface area contributed by atoms with Crippen molar-refractivity contribution in [3.05, 3.63) is 59.9 Å². The predicted molar refractivity (Wildman–Crippen MR) is 103 cm³/mol. The summed E-state index contributed by atoms with van der Waals surface area (Å²) >= 11 is 0. The summed E-state index contributed by atoms with van der Waals surface area (Å²) in [6.45, 7) is -0.0605. The summed E-state index contributed by atoms with van der Waals surface area (Å²) in [5, 5.41) is 23.4. The number of aliphatic hydroxyl groups excluding tert-OH is 1. The highest BCUT2D eigenvalue weighted by molar-refractivity contribution is 5.97. The number of benzene rings is 2. The van der Waals surface area contributed by atoms with Gasteiger partial charge in [-0.1, -0.05) is 24.3 Å². The standard InChI is InChI=1S/C20H18N4O3/c1-24-17-10-6-5-9-16(17)23-20(24)14(11-21)19(26)13-7-3-4-8-15(13)22-12-18(25)27-2/h3-10,22,26H,12H2,1-2H3/b19-14+. The first-order valence-electron chi connectivity index (χ1n) is 8.22. The molecule has 0 unspecified atom stereocenters. The Kier molecular flexibility index (Phi) is 5.08. The highest BCUT2D eigenvalue weighted by Gasteiger charge is 2.19. The Labute approximate surface area is 156 Å². The van der Waals surface area contributed by atoms with Crippen molar-refractivity contribution in [2.75, 3.05) is 19.0 Å². The number of hydrogen-bond acceptors (Lipinski definition) is 6. The Morgan fingerprint density at radius 2 is 1.96 bits per heavy atom. The van der Waals surface area contributed by atoms with Crippen molar-refractivity contribution in [2.45, 2.75) is 0 Å². The Morgan fingerprint density at radius 1 is 1.26 bits per heavy atom. The van der Waals surface area contributed by atoms with Gasteiger partial charge in [-0.3, -0.25) is 4.79 Å². The molecule has 0 fully saturated rings. The first-order valence-corrected chi connectivity index (χ1v) is 8.22. The molecule has 136 valence electrons. The van der Waals surface area contributed by atoms with E-state index in [-0.39, 0.29) is 17.9 Å². The van der Waals surface area contributed by atoms with Gasteiger partial charge in [-0.15, -0.1) is 0 Å². The molecule has 0 spiro atoms. The number of ether oxygens (including phenoxy) is 1. The zero-order valence-corrected chi connectivity index (χ0v) is 14.9. The summed E-state index contributed by atoms with van der Waals surface area (Å²) in [7, 11) is 3.09. The summed E-state index contributed by atoms with van der Waals surface area (Å²) in [5.41, 5.74) is 2.52. The topological polar surface area (TPSA) is 100 Å². The number of methoxy groups -OCH3 is 1. The fourth-order valence-electron chi connectivity index (χ4n) is 2.80. The number of carbonyl (C=O) groups is 1. The van der Waals surface area contributed by atoms with Gasteiger partial charge < -0.3 is 19.7 Å². The van der Waals surface area contributed by atoms with Crippen LogP contribution in [0.4, 0.5) is 5.69 Å². The van der Waals surface area contributed by atoms with Gasteiger partial charge in [0.2, 0.25) is 0 Å². The fourth-order valence-corrected chi connectivity index (χ4v) is 2.80. The Bertz CT molecular complexity index is 1080. The first-order chi connectivity index (χ1) is 13.1. The molecule has 1 heterocycles. The smallest absolute Gasteiger partial charge is 0.325 e. The number of hydrogen-bond donors (Lipinski definition) is 2. The molecule has 3 rings (SSSR count). The molecule has 0 aliphatic carbocycles. The summed E-state index contributed by atoms with van der Waals surface area (Å²) in [4.78, 5) is 15.9. The molecule has 0 atom stereocenters. The Morgan fingerprint density at radius 3 is 2.67 bits per heavy atom. The second-order valence-corrected chi connectivity index (χ2v) is 5.79. The van der Waals surface area contributed by atoms with Crippen LogP contribution in [0.25, 0.3) is 22.4 Å². The Balaban J connectivity index is 2.09. The summed E-state index contributed by atoms with van der Waals surface area (Å²) in [6.07, 6.45) is 0. The quantitative estimate of drug-likeness (QED) is 0.411. The molecule has 0 saturated carbocycles. The van der Waals surface area contributed by atoms with Gasteiger partial charge in [-0.25, -0.2) is 4.98 Å². The lowest BCUT2D eigenvalue weighted by molar-refractivity contribution is -0.138. The molecule has 0 bridgehead atoms. The van der Waals surface area contributed by atoms with Crippen LogP contribution in [0.5, 0.6) is 0 Å². The van der Waals surface area contributed by atoms with Crippen molar-refractivity contribution >= 4 is 34.0 Å². The number of aryl methyl sites for hydroxylation is 1. The van der Waals surface area contributed by atoms with Crippen LogP contribution in [0.3, 0.4) is 0 Å². The van der Waals surface area contributed by atoms with E-state index in [1.165, 1.54) is 7.11 Å². The highest BCUT2D eigenvalue weighted by Crippen LogP contribution is 2.29. The molecule has 2 aromatic carbocycles. The van der Waals surface area contributed by atoms with Gasteiger partial charge in [0.1, 0.15) is 23.9 Å². The average molecular weight is 362 g/mol. The number of allylic oxidation sites excluding steroid dienone is 1. The number of aromatic nitrogens is 2. The van der Waals surface area contributed by atoms with Crippen molar-refractivity contribution in [3.63, 3.8) is 0 Å². The molecule has 3 aromatic rings. The van der Waals surface area contributed by atoms with E-state index in [4.69, 9.17) is 0 Å². The van der Waals surface area contributed by atoms with Crippen LogP contribution in [-0.2, 0) is 16.6 Å². The highest BCUT2D eigenvalue weighted by atomic mass is 16.5. The van der Waals surface area contributed by atoms with Crippen LogP contribution in [0.2, 0.25) is 0 Å². The van der Waals surface area contributed by atoms with E-state index in [1.54, 1.807) is 35.9 Å². The number of aliphatic hydroxyl groups is 1. The second kappa shape index (κ2) is 7.62. The normalized spacial score (nSPS) is 11.6. The maximum absolute atomic E-state index is 11.4. The number of rotatable bonds is 5. The lowest BCUT2D eigenvalue weighted by atomic mass is 10.1. The zero-order valence-electron chi connectivity index (χ0n) is 14.9. The lowest BCUT2D eigenvalue weighted by Crippen LogP contribution is -2.15. The van der Waals surface area contributed by atoms with Crippen molar-refractivity contribution in [1.29, 1.82) is 5.26 Å². The largest absolute Gasteiger partial charge is 0.506 e. The third-order valence-corrected chi connectivity index (χ3v) is 4.19. The third kappa shape index (κ3) is 3.46. The molecule has 0 radical (unpaired) electrons. The van der Waals surface area contributed by atoms with Crippen molar-refractivity contribution in [2.24, 2.45) is 7.05 Å². The molecule has 0 amide bonds. The molecule has 0 saturated heterocycles. The van der Waals surface area contributed by atoms with Crippen LogP contribution in [-0.4, -0.2) is 34.3 Å². The molecule has 7 nitrogen and oxygen atoms in total. The van der Waals surface area contributed by atoms with Crippen molar-refractivity contribution in [1.82, 2.24) is 9.55 Å². The average Bonchev–Trinajstić information content (AvgIpc) is 3.03. The number of para-hydroxylation sites is 3. The van der Waals surface area contributed by atoms with Crippen LogP contribution in [0.15, 0.2) is 48.5 Å². The second-order valence-electron chi connectivity index (χ2n) is 5.79. The van der Waals surface area contributed by atoms with Gasteiger partial charge in [-0.05, 0) is 24.3 Å². The molecule has 0 aliphatic heterocycles. The molecular weight excluding hydrogens is 344 g/mol. The van der Waals surface area contributed by atoms with Crippen molar-refractivity contribution < 1.29 is 14.6 Å². The number of nitrogens with one attached hydrogen (secondary N) is 1. The van der Waals surface area contributed by atoms with Gasteiger partial charge >= 0.3 is 5.97 Å². The van der Waals surface area contributed by atoms with Gasteiger partial charge in [0, 0.05) is 18.3 Å². The molecule has 7 heteroatoms. The van der Waals surface area contributed by atoms with Crippen LogP contribution < -0.4 is 5.32 Å². The van der Waals surface area contributed by atoms with E-state index in [9.17, 15) is 15.2 Å². The van der Waals surface area contributed by atoms with Crippen LogP contribution in [0.1, 0.15) is 11.4 Å². The van der Waals surface area contributed by atoms with E-state index in [0.717, 1.165) is 11.0 Å². The van der Waals surface area contributed by atoms with Crippen molar-refractivity contribution in [3.8, 4) is 6.07 Å². The maximum atomic E-state index is 11.4. The van der Waals surface area contributed by atoms with Gasteiger partial charge in [0.05, 0.1) is 18.1 Å². The predicted octanol–water partition coefficient (Wildman–Crippen LogP) is 3.11. The summed E-state index contributed by atoms with van der Waals surface area (Å²) < 4.78 is 6.38. The van der Waals surface area contributed by atoms with E-state index in [0.29, 0.717) is 17.1 Å². The number of imidazole rings is 1. The molecule has 0 aliphatic rings. The van der Waals surface area contributed by atoms with Gasteiger partial charge in [0.25, 0.3) is 0 Å². The van der Waals surface area contributed by atoms with Crippen LogP contribution in [0, 0.1) is 11.3 Å². The number of nitrogens with zero attached hydrogens (tertiary/aromatic N) is 3. The first kappa shape index (κ1) is 18.0. The number of carbonyl (C=O) groups excluding carboxylic acids is 1. The number of fused-ring (bicyclic) bond motifs is 1. The Hall–Kier alpha value is -3.79. The van der Waals surface area contributed by atoms with E-state index in [2.05, 4.69) is 15.0 Å². The monoisotopic (exact) mass is 362 g/mol. The summed E-state index contributed by atoms with van der Waals surface area (Å²) in [5.74, 6) is -0.299. The number of esters is 1. The molecule has 1 aromatic heterocycles. The number of nitriles is 1. The third-order valence-electron chi connectivity index (χ3n) is 4.19. The van der Waals surface area contributed by atoms with Gasteiger partial charge in [0.15, 0.2) is 5.82 Å². The minimum atomic E-state index is -0.441. The maximum Gasteiger partial charge on any atom is 0.325 e. The minimum Gasteiger partial charge on any atom is -0.506 e. The van der Waals surface area contributed by atoms with Crippen LogP contribution >= 0.6 is 0 Å². The molecular formula is C20H18N4O3. The zero-order chi connectivity index (χ0) is 19.4. The minimum absolute atomic E-state index is 0.0426. The number of anilines is 1. The molecule has 27 heavy (non-hydrogen) atoms.